The van der Waals surface area contributed by atoms with Crippen molar-refractivity contribution in [3.63, 3.8) is 0 Å². The SMILES string of the molecule is COc1cc(CNS(=O)(=O)c2cnc(Cl)nc2)ccn1. The molecule has 0 unspecified atom stereocenters. The Bertz CT molecular complexity index is 691. The van der Waals surface area contributed by atoms with Gasteiger partial charge in [0, 0.05) is 18.8 Å². The number of halogens is 1. The van der Waals surface area contributed by atoms with Crippen molar-refractivity contribution in [1.29, 1.82) is 0 Å². The van der Waals surface area contributed by atoms with E-state index in [1.165, 1.54) is 13.3 Å². The van der Waals surface area contributed by atoms with E-state index in [0.29, 0.717) is 5.88 Å². The molecule has 0 spiro atoms. The van der Waals surface area contributed by atoms with Crippen LogP contribution in [0, 0.1) is 0 Å². The predicted molar refractivity (Wildman–Crippen MR) is 71.9 cm³/mol. The number of sulfonamides is 1. The molecular formula is C11H11ClN4O3S. The van der Waals surface area contributed by atoms with Crippen molar-refractivity contribution in [3.05, 3.63) is 41.6 Å². The Hall–Kier alpha value is -1.77. The molecule has 2 heterocycles. The lowest BCUT2D eigenvalue weighted by Crippen LogP contribution is -2.23. The fourth-order valence-corrected chi connectivity index (χ4v) is 2.38. The minimum Gasteiger partial charge on any atom is -0.481 e. The Balaban J connectivity index is 2.10. The number of hydrogen-bond donors (Lipinski definition) is 1. The van der Waals surface area contributed by atoms with E-state index >= 15 is 0 Å². The van der Waals surface area contributed by atoms with E-state index in [9.17, 15) is 8.42 Å². The molecule has 2 aromatic rings. The zero-order valence-corrected chi connectivity index (χ0v) is 12.0. The van der Waals surface area contributed by atoms with Crippen molar-refractivity contribution in [1.82, 2.24) is 19.7 Å². The summed E-state index contributed by atoms with van der Waals surface area (Å²) in [5.41, 5.74) is 0.718. The van der Waals surface area contributed by atoms with Crippen LogP contribution in [0.25, 0.3) is 0 Å². The third kappa shape index (κ3) is 3.62. The average Bonchev–Trinajstić information content (AvgIpc) is 2.46. The molecule has 0 aliphatic rings. The van der Waals surface area contributed by atoms with E-state index in [4.69, 9.17) is 16.3 Å². The number of methoxy groups -OCH3 is 1. The highest BCUT2D eigenvalue weighted by molar-refractivity contribution is 7.89. The van der Waals surface area contributed by atoms with Gasteiger partial charge in [0.1, 0.15) is 4.90 Å². The summed E-state index contributed by atoms with van der Waals surface area (Å²) >= 11 is 5.51. The van der Waals surface area contributed by atoms with Gasteiger partial charge in [-0.2, -0.15) is 0 Å². The second-order valence-corrected chi connectivity index (χ2v) is 5.82. The highest BCUT2D eigenvalue weighted by Crippen LogP contribution is 2.11. The van der Waals surface area contributed by atoms with Gasteiger partial charge in [0.05, 0.1) is 19.5 Å². The molecule has 2 rings (SSSR count). The van der Waals surface area contributed by atoms with Gasteiger partial charge in [-0.3, -0.25) is 0 Å². The Kier molecular flexibility index (Phi) is 4.48. The molecule has 0 aliphatic heterocycles. The summed E-state index contributed by atoms with van der Waals surface area (Å²) in [6.07, 6.45) is 3.82. The monoisotopic (exact) mass is 314 g/mol. The molecule has 0 radical (unpaired) electrons. The molecule has 7 nitrogen and oxygen atoms in total. The third-order valence-electron chi connectivity index (χ3n) is 2.38. The topological polar surface area (TPSA) is 94.1 Å². The first-order valence-corrected chi connectivity index (χ1v) is 7.33. The van der Waals surface area contributed by atoms with Gasteiger partial charge in [-0.1, -0.05) is 0 Å². The number of pyridine rings is 1. The second kappa shape index (κ2) is 6.12. The van der Waals surface area contributed by atoms with Crippen LogP contribution in [-0.2, 0) is 16.6 Å². The summed E-state index contributed by atoms with van der Waals surface area (Å²) in [5.74, 6) is 0.413. The first-order valence-electron chi connectivity index (χ1n) is 5.47. The van der Waals surface area contributed by atoms with E-state index in [1.54, 1.807) is 12.1 Å². The molecule has 0 saturated carbocycles. The minimum absolute atomic E-state index is 0.0113. The van der Waals surface area contributed by atoms with Gasteiger partial charge in [-0.05, 0) is 23.2 Å². The van der Waals surface area contributed by atoms with Crippen molar-refractivity contribution >= 4 is 21.6 Å². The standard InChI is InChI=1S/C11H11ClN4O3S/c1-19-10-4-8(2-3-13-10)5-16-20(17,18)9-6-14-11(12)15-7-9/h2-4,6-7,16H,5H2,1H3. The molecule has 1 N–H and O–H groups in total. The predicted octanol–water partition coefficient (Wildman–Crippen LogP) is 1.01. The molecule has 0 amide bonds. The summed E-state index contributed by atoms with van der Waals surface area (Å²) in [4.78, 5) is 11.1. The largest absolute Gasteiger partial charge is 0.481 e. The lowest BCUT2D eigenvalue weighted by atomic mass is 10.3. The van der Waals surface area contributed by atoms with Crippen molar-refractivity contribution in [2.75, 3.05) is 7.11 Å². The van der Waals surface area contributed by atoms with Crippen LogP contribution >= 0.6 is 11.6 Å². The second-order valence-electron chi connectivity index (χ2n) is 3.72. The maximum atomic E-state index is 12.0. The van der Waals surface area contributed by atoms with Crippen LogP contribution in [0.4, 0.5) is 0 Å². The summed E-state index contributed by atoms with van der Waals surface area (Å²) in [6, 6.07) is 3.32. The molecule has 0 aromatic carbocycles. The highest BCUT2D eigenvalue weighted by Gasteiger charge is 2.14. The zero-order chi connectivity index (χ0) is 14.6. The van der Waals surface area contributed by atoms with Gasteiger partial charge in [-0.25, -0.2) is 28.1 Å². The number of hydrogen-bond acceptors (Lipinski definition) is 6. The normalized spacial score (nSPS) is 11.3. The Morgan fingerprint density at radius 1 is 1.30 bits per heavy atom. The van der Waals surface area contributed by atoms with Crippen LogP contribution in [0.2, 0.25) is 5.28 Å². The van der Waals surface area contributed by atoms with Gasteiger partial charge < -0.3 is 4.74 Å². The van der Waals surface area contributed by atoms with Crippen LogP contribution in [0.15, 0.2) is 35.6 Å². The van der Waals surface area contributed by atoms with Crippen molar-refractivity contribution in [3.8, 4) is 5.88 Å². The van der Waals surface area contributed by atoms with Crippen LogP contribution < -0.4 is 9.46 Å². The molecule has 0 bridgehead atoms. The van der Waals surface area contributed by atoms with Gasteiger partial charge in [-0.15, -0.1) is 0 Å². The molecule has 0 aliphatic carbocycles. The maximum Gasteiger partial charge on any atom is 0.243 e. The molecule has 106 valence electrons. The number of aromatic nitrogens is 3. The molecule has 0 fully saturated rings. The highest BCUT2D eigenvalue weighted by atomic mass is 35.5. The quantitative estimate of drug-likeness (QED) is 0.828. The van der Waals surface area contributed by atoms with Crippen molar-refractivity contribution < 1.29 is 13.2 Å². The van der Waals surface area contributed by atoms with Crippen molar-refractivity contribution in [2.45, 2.75) is 11.4 Å². The van der Waals surface area contributed by atoms with Crippen LogP contribution in [-0.4, -0.2) is 30.5 Å². The number of nitrogens with zero attached hydrogens (tertiary/aromatic N) is 3. The molecule has 2 aromatic heterocycles. The fraction of sp³-hybridized carbons (Fsp3) is 0.182. The fourth-order valence-electron chi connectivity index (χ4n) is 1.37. The lowest BCUT2D eigenvalue weighted by molar-refractivity contribution is 0.397. The summed E-state index contributed by atoms with van der Waals surface area (Å²) in [5, 5.41) is -0.0113. The molecule has 20 heavy (non-hydrogen) atoms. The maximum absolute atomic E-state index is 12.0. The van der Waals surface area contributed by atoms with E-state index in [1.807, 2.05) is 0 Å². The smallest absolute Gasteiger partial charge is 0.243 e. The lowest BCUT2D eigenvalue weighted by Gasteiger charge is -2.07. The van der Waals surface area contributed by atoms with Gasteiger partial charge in [0.15, 0.2) is 0 Å². The van der Waals surface area contributed by atoms with Gasteiger partial charge >= 0.3 is 0 Å². The van der Waals surface area contributed by atoms with Gasteiger partial charge in [0.2, 0.25) is 21.2 Å². The number of ether oxygens (including phenoxy) is 1. The Labute approximate surface area is 121 Å². The third-order valence-corrected chi connectivity index (χ3v) is 3.93. The van der Waals surface area contributed by atoms with E-state index < -0.39 is 10.0 Å². The zero-order valence-electron chi connectivity index (χ0n) is 10.4. The Morgan fingerprint density at radius 2 is 2.00 bits per heavy atom. The van der Waals surface area contributed by atoms with Gasteiger partial charge in [0.25, 0.3) is 0 Å². The molecule has 0 atom stereocenters. The minimum atomic E-state index is -3.69. The van der Waals surface area contributed by atoms with E-state index in [0.717, 1.165) is 18.0 Å². The first-order chi connectivity index (χ1) is 9.51. The van der Waals surface area contributed by atoms with Crippen LogP contribution in [0.3, 0.4) is 0 Å². The Morgan fingerprint density at radius 3 is 2.65 bits per heavy atom. The van der Waals surface area contributed by atoms with E-state index in [2.05, 4.69) is 19.7 Å². The first kappa shape index (κ1) is 14.6. The van der Waals surface area contributed by atoms with Crippen molar-refractivity contribution in [2.24, 2.45) is 0 Å². The number of nitrogens with one attached hydrogen (secondary N) is 1. The molecular weight excluding hydrogens is 304 g/mol. The summed E-state index contributed by atoms with van der Waals surface area (Å²) in [7, 11) is -2.20. The molecule has 9 heteroatoms. The number of rotatable bonds is 5. The summed E-state index contributed by atoms with van der Waals surface area (Å²) in [6.45, 7) is 0.101. The van der Waals surface area contributed by atoms with E-state index in [-0.39, 0.29) is 16.7 Å². The average molecular weight is 315 g/mol. The van der Waals surface area contributed by atoms with Crippen LogP contribution in [0.5, 0.6) is 5.88 Å². The summed E-state index contributed by atoms with van der Waals surface area (Å²) < 4.78 is 31.4. The van der Waals surface area contributed by atoms with Crippen LogP contribution in [0.1, 0.15) is 5.56 Å². The molecule has 0 saturated heterocycles.